The van der Waals surface area contributed by atoms with Gasteiger partial charge in [-0.1, -0.05) is 48.0 Å². The number of carboxylic acids is 1. The van der Waals surface area contributed by atoms with Gasteiger partial charge in [-0.2, -0.15) is 5.10 Å². The highest BCUT2D eigenvalue weighted by molar-refractivity contribution is 6.32. The van der Waals surface area contributed by atoms with E-state index >= 15 is 0 Å². The molecule has 2 N–H and O–H groups in total. The molecule has 0 radical (unpaired) electrons. The second-order valence-electron chi connectivity index (χ2n) is 11.5. The lowest BCUT2D eigenvalue weighted by Gasteiger charge is -2.21. The SMILES string of the molecule is Cc1cc(OCCCc2c(C(=O)O)n3c4c(cccc24)-c2c(COc4ccccc4)n[nH]c2CN(C)CCC3)cc(C)c1Cl. The number of aryl methyl sites for hydroxylation is 4. The zero-order valence-electron chi connectivity index (χ0n) is 25.3. The molecule has 0 atom stereocenters. The van der Waals surface area contributed by atoms with Gasteiger partial charge in [0.25, 0.3) is 0 Å². The van der Waals surface area contributed by atoms with E-state index in [4.69, 9.17) is 26.2 Å². The van der Waals surface area contributed by atoms with Crippen LogP contribution in [0.5, 0.6) is 11.5 Å². The molecule has 8 nitrogen and oxygen atoms in total. The standard InChI is InChI=1S/C35H37ClN4O4/c1-22-18-25(19-23(2)32(22)36)43-17-8-14-27-26-12-7-13-28-31-29(37-38-30(31)21-44-24-10-5-4-6-11-24)20-39(3)15-9-16-40(33(26)28)34(27)35(41)42/h4-7,10-13,18-19H,8-9,14-17,20-21H2,1-3H3,(H,37,38)(H,41,42). The van der Waals surface area contributed by atoms with Gasteiger partial charge in [0.1, 0.15) is 29.5 Å². The number of nitrogens with zero attached hydrogens (tertiary/aromatic N) is 3. The third-order valence-corrected chi connectivity index (χ3v) is 8.89. The molecule has 0 fully saturated rings. The molecule has 0 amide bonds. The fourth-order valence-electron chi connectivity index (χ4n) is 6.31. The number of ether oxygens (including phenoxy) is 2. The summed E-state index contributed by atoms with van der Waals surface area (Å²) in [4.78, 5) is 15.1. The minimum atomic E-state index is -0.919. The van der Waals surface area contributed by atoms with E-state index in [1.54, 1.807) is 0 Å². The Kier molecular flexibility index (Phi) is 8.64. The summed E-state index contributed by atoms with van der Waals surface area (Å²) in [6.07, 6.45) is 2.06. The van der Waals surface area contributed by atoms with Crippen molar-refractivity contribution in [2.75, 3.05) is 20.2 Å². The van der Waals surface area contributed by atoms with E-state index in [1.165, 1.54) is 0 Å². The van der Waals surface area contributed by atoms with Crippen LogP contribution in [0.2, 0.25) is 5.02 Å². The zero-order valence-corrected chi connectivity index (χ0v) is 26.1. The van der Waals surface area contributed by atoms with Crippen molar-refractivity contribution >= 4 is 28.5 Å². The highest BCUT2D eigenvalue weighted by atomic mass is 35.5. The molecule has 228 valence electrons. The number of H-pyrrole nitrogens is 1. The molecule has 1 aliphatic rings. The maximum atomic E-state index is 12.9. The predicted molar refractivity (Wildman–Crippen MR) is 173 cm³/mol. The van der Waals surface area contributed by atoms with Crippen molar-refractivity contribution in [3.8, 4) is 22.6 Å². The van der Waals surface area contributed by atoms with Crippen molar-refractivity contribution < 1.29 is 19.4 Å². The molecular formula is C35H37ClN4O4. The Bertz CT molecular complexity index is 1790. The number of hydrogen-bond acceptors (Lipinski definition) is 5. The molecule has 1 aliphatic heterocycles. The molecule has 0 bridgehead atoms. The largest absolute Gasteiger partial charge is 0.494 e. The van der Waals surface area contributed by atoms with Crippen molar-refractivity contribution in [3.05, 3.63) is 99.5 Å². The van der Waals surface area contributed by atoms with E-state index in [-0.39, 0.29) is 6.61 Å². The Morgan fingerprint density at radius 3 is 2.55 bits per heavy atom. The lowest BCUT2D eigenvalue weighted by molar-refractivity contribution is 0.0684. The number of carbonyl (C=O) groups is 1. The van der Waals surface area contributed by atoms with E-state index in [2.05, 4.69) is 23.1 Å². The molecule has 0 saturated heterocycles. The Morgan fingerprint density at radius 1 is 1.02 bits per heavy atom. The molecule has 3 heterocycles. The van der Waals surface area contributed by atoms with E-state index < -0.39 is 5.97 Å². The minimum Gasteiger partial charge on any atom is -0.494 e. The number of aromatic amines is 1. The number of aromatic nitrogens is 3. The average Bonchev–Trinajstić information content (AvgIpc) is 3.55. The first kappa shape index (κ1) is 29.8. The van der Waals surface area contributed by atoms with Gasteiger partial charge in [0.2, 0.25) is 0 Å². The monoisotopic (exact) mass is 612 g/mol. The normalized spacial score (nSPS) is 13.5. The smallest absolute Gasteiger partial charge is 0.352 e. The van der Waals surface area contributed by atoms with Gasteiger partial charge in [0.15, 0.2) is 0 Å². The van der Waals surface area contributed by atoms with Crippen molar-refractivity contribution in [3.63, 3.8) is 0 Å². The van der Waals surface area contributed by atoms with Crippen LogP contribution in [0.3, 0.4) is 0 Å². The van der Waals surface area contributed by atoms with E-state index in [9.17, 15) is 9.90 Å². The van der Waals surface area contributed by atoms with Crippen LogP contribution in [-0.4, -0.2) is 50.9 Å². The number of fused-ring (bicyclic) bond motifs is 2. The van der Waals surface area contributed by atoms with E-state index in [1.807, 2.05) is 73.0 Å². The number of halogens is 1. The van der Waals surface area contributed by atoms with Crippen LogP contribution in [-0.2, 0) is 26.1 Å². The van der Waals surface area contributed by atoms with Gasteiger partial charge in [-0.25, -0.2) is 4.79 Å². The minimum absolute atomic E-state index is 0.288. The average molecular weight is 613 g/mol. The Morgan fingerprint density at radius 2 is 1.80 bits per heavy atom. The van der Waals surface area contributed by atoms with Gasteiger partial charge < -0.3 is 24.0 Å². The number of hydrogen-bond donors (Lipinski definition) is 2. The van der Waals surface area contributed by atoms with Crippen LogP contribution >= 0.6 is 11.6 Å². The van der Waals surface area contributed by atoms with Crippen LogP contribution in [0.25, 0.3) is 22.0 Å². The zero-order chi connectivity index (χ0) is 30.8. The Balaban J connectivity index is 1.38. The molecule has 0 aliphatic carbocycles. The molecule has 44 heavy (non-hydrogen) atoms. The first-order valence-corrected chi connectivity index (χ1v) is 15.4. The van der Waals surface area contributed by atoms with Crippen LogP contribution in [0, 0.1) is 13.8 Å². The summed E-state index contributed by atoms with van der Waals surface area (Å²) in [5, 5.41) is 20.2. The molecule has 0 spiro atoms. The molecule has 0 unspecified atom stereocenters. The number of para-hydroxylation sites is 2. The predicted octanol–water partition coefficient (Wildman–Crippen LogP) is 7.43. The van der Waals surface area contributed by atoms with Gasteiger partial charge >= 0.3 is 5.97 Å². The molecule has 0 saturated carbocycles. The molecule has 9 heteroatoms. The summed E-state index contributed by atoms with van der Waals surface area (Å²) in [5.74, 6) is 0.620. The molecule has 2 aromatic heterocycles. The van der Waals surface area contributed by atoms with Crippen molar-refractivity contribution in [2.24, 2.45) is 0 Å². The number of nitrogens with one attached hydrogen (secondary N) is 1. The third-order valence-electron chi connectivity index (χ3n) is 8.29. The second-order valence-corrected chi connectivity index (χ2v) is 11.9. The first-order chi connectivity index (χ1) is 21.3. The van der Waals surface area contributed by atoms with Crippen molar-refractivity contribution in [1.29, 1.82) is 0 Å². The fourth-order valence-corrected chi connectivity index (χ4v) is 6.41. The van der Waals surface area contributed by atoms with Crippen LogP contribution in [0.15, 0.2) is 60.7 Å². The first-order valence-electron chi connectivity index (χ1n) is 15.0. The van der Waals surface area contributed by atoms with E-state index in [0.717, 1.165) is 79.6 Å². The Labute approximate surface area is 262 Å². The molecule has 6 rings (SSSR count). The number of carboxylic acid groups (broad SMARTS) is 1. The maximum absolute atomic E-state index is 12.9. The van der Waals surface area contributed by atoms with Gasteiger partial charge in [-0.05, 0) is 87.7 Å². The molecular weight excluding hydrogens is 576 g/mol. The lowest BCUT2D eigenvalue weighted by atomic mass is 9.97. The molecule has 3 aromatic carbocycles. The van der Waals surface area contributed by atoms with Crippen LogP contribution < -0.4 is 9.47 Å². The second kappa shape index (κ2) is 12.8. The van der Waals surface area contributed by atoms with Gasteiger partial charge in [0.05, 0.1) is 17.8 Å². The topological polar surface area (TPSA) is 92.6 Å². The summed E-state index contributed by atoms with van der Waals surface area (Å²) in [5.41, 5.74) is 7.77. The van der Waals surface area contributed by atoms with Crippen molar-refractivity contribution in [1.82, 2.24) is 19.7 Å². The summed E-state index contributed by atoms with van der Waals surface area (Å²) >= 11 is 6.33. The van der Waals surface area contributed by atoms with Gasteiger partial charge in [-0.15, -0.1) is 0 Å². The summed E-state index contributed by atoms with van der Waals surface area (Å²) in [6.45, 7) is 6.80. The highest BCUT2D eigenvalue weighted by Gasteiger charge is 2.28. The van der Waals surface area contributed by atoms with Crippen molar-refractivity contribution in [2.45, 2.75) is 52.8 Å². The summed E-state index contributed by atoms with van der Waals surface area (Å²) in [6, 6.07) is 19.7. The fraction of sp³-hybridized carbons (Fsp3) is 0.314. The summed E-state index contributed by atoms with van der Waals surface area (Å²) < 4.78 is 14.2. The third kappa shape index (κ3) is 5.92. The quantitative estimate of drug-likeness (QED) is 0.168. The van der Waals surface area contributed by atoms with Gasteiger partial charge in [-0.3, -0.25) is 5.10 Å². The molecule has 5 aromatic rings. The van der Waals surface area contributed by atoms with Gasteiger partial charge in [0, 0.05) is 34.6 Å². The number of rotatable bonds is 9. The number of aromatic carboxylic acids is 1. The Hall–Kier alpha value is -4.27. The maximum Gasteiger partial charge on any atom is 0.352 e. The lowest BCUT2D eigenvalue weighted by Crippen LogP contribution is -2.22. The van der Waals surface area contributed by atoms with E-state index in [0.29, 0.717) is 38.2 Å². The summed E-state index contributed by atoms with van der Waals surface area (Å²) in [7, 11) is 2.08. The van der Waals surface area contributed by atoms with Crippen LogP contribution in [0.1, 0.15) is 51.4 Å². The van der Waals surface area contributed by atoms with Crippen LogP contribution in [0.4, 0.5) is 0 Å². The number of benzene rings is 3. The highest BCUT2D eigenvalue weighted by Crippen LogP contribution is 2.39.